The van der Waals surface area contributed by atoms with E-state index >= 15 is 0 Å². The first-order valence-corrected chi connectivity index (χ1v) is 8.77. The molecule has 6 nitrogen and oxygen atoms in total. The van der Waals surface area contributed by atoms with E-state index in [9.17, 15) is 4.79 Å². The van der Waals surface area contributed by atoms with Crippen LogP contribution in [0, 0.1) is 6.92 Å². The minimum Gasteiger partial charge on any atom is -0.448 e. The maximum Gasteiger partial charge on any atom is 0.317 e. The fraction of sp³-hybridized carbons (Fsp3) is 0.500. The van der Waals surface area contributed by atoms with Crippen LogP contribution in [0.5, 0.6) is 0 Å². The van der Waals surface area contributed by atoms with Gasteiger partial charge >= 0.3 is 6.03 Å². The smallest absolute Gasteiger partial charge is 0.317 e. The number of rotatable bonds is 4. The number of carbonyl (C=O) groups excluding carboxylic acids is 1. The second-order valence-electron chi connectivity index (χ2n) is 5.77. The summed E-state index contributed by atoms with van der Waals surface area (Å²) >= 11 is 1.73. The fourth-order valence-electron chi connectivity index (χ4n) is 2.81. The molecule has 1 aliphatic heterocycles. The first-order chi connectivity index (χ1) is 11.1. The lowest BCUT2D eigenvalue weighted by atomic mass is 10.1. The Balaban J connectivity index is 1.47. The topological polar surface area (TPSA) is 61.6 Å². The first kappa shape index (κ1) is 16.0. The quantitative estimate of drug-likeness (QED) is 0.934. The average molecular weight is 334 g/mol. The van der Waals surface area contributed by atoms with E-state index in [0.717, 1.165) is 37.6 Å². The van der Waals surface area contributed by atoms with Crippen molar-refractivity contribution >= 4 is 17.4 Å². The molecule has 2 aromatic heterocycles. The summed E-state index contributed by atoms with van der Waals surface area (Å²) in [5, 5.41) is 7.23. The Morgan fingerprint density at radius 1 is 1.43 bits per heavy atom. The molecule has 1 fully saturated rings. The third kappa shape index (κ3) is 3.73. The van der Waals surface area contributed by atoms with Crippen molar-refractivity contribution in [2.45, 2.75) is 26.4 Å². The second kappa shape index (κ2) is 7.14. The zero-order chi connectivity index (χ0) is 16.2. The van der Waals surface area contributed by atoms with Crippen molar-refractivity contribution in [2.75, 3.05) is 26.2 Å². The van der Waals surface area contributed by atoms with Crippen LogP contribution in [-0.4, -0.2) is 47.0 Å². The van der Waals surface area contributed by atoms with Crippen LogP contribution in [0.2, 0.25) is 0 Å². The van der Waals surface area contributed by atoms with E-state index < -0.39 is 0 Å². The molecular formula is C16H22N4O2S. The highest BCUT2D eigenvalue weighted by Crippen LogP contribution is 2.23. The Hall–Kier alpha value is -1.86. The van der Waals surface area contributed by atoms with E-state index in [-0.39, 0.29) is 6.03 Å². The van der Waals surface area contributed by atoms with Gasteiger partial charge in [-0.05, 0) is 36.2 Å². The number of thiophene rings is 1. The van der Waals surface area contributed by atoms with Gasteiger partial charge in [-0.3, -0.25) is 4.90 Å². The monoisotopic (exact) mass is 334 g/mol. The van der Waals surface area contributed by atoms with Crippen molar-refractivity contribution in [1.82, 2.24) is 20.1 Å². The lowest BCUT2D eigenvalue weighted by Crippen LogP contribution is -2.52. The molecule has 0 aliphatic carbocycles. The summed E-state index contributed by atoms with van der Waals surface area (Å²) in [7, 11) is 0. The van der Waals surface area contributed by atoms with Crippen molar-refractivity contribution in [2.24, 2.45) is 0 Å². The van der Waals surface area contributed by atoms with Crippen LogP contribution in [0.15, 0.2) is 27.6 Å². The SMILES string of the molecule is Cc1ocnc1CNC(=O)N1CCN([C@H](C)c2ccsc2)CC1. The lowest BCUT2D eigenvalue weighted by Gasteiger charge is -2.37. The van der Waals surface area contributed by atoms with Crippen molar-refractivity contribution in [1.29, 1.82) is 0 Å². The summed E-state index contributed by atoms with van der Waals surface area (Å²) in [5.41, 5.74) is 2.14. The minimum absolute atomic E-state index is 0.0322. The van der Waals surface area contributed by atoms with E-state index in [1.807, 2.05) is 11.8 Å². The van der Waals surface area contributed by atoms with Gasteiger partial charge in [0.15, 0.2) is 6.39 Å². The summed E-state index contributed by atoms with van der Waals surface area (Å²) in [6.07, 6.45) is 1.40. The zero-order valence-corrected chi connectivity index (χ0v) is 14.3. The Kier molecular flexibility index (Phi) is 4.97. The first-order valence-electron chi connectivity index (χ1n) is 7.83. The number of oxazole rings is 1. The molecule has 7 heteroatoms. The van der Waals surface area contributed by atoms with Gasteiger partial charge in [0, 0.05) is 32.2 Å². The molecular weight excluding hydrogens is 312 g/mol. The number of amides is 2. The number of hydrogen-bond donors (Lipinski definition) is 1. The second-order valence-corrected chi connectivity index (χ2v) is 6.55. The zero-order valence-electron chi connectivity index (χ0n) is 13.5. The van der Waals surface area contributed by atoms with Crippen LogP contribution in [-0.2, 0) is 6.54 Å². The largest absolute Gasteiger partial charge is 0.448 e. The van der Waals surface area contributed by atoms with Gasteiger partial charge in [0.05, 0.1) is 6.54 Å². The molecule has 0 bridgehead atoms. The van der Waals surface area contributed by atoms with E-state index in [4.69, 9.17) is 4.42 Å². The Morgan fingerprint density at radius 2 is 2.22 bits per heavy atom. The summed E-state index contributed by atoms with van der Waals surface area (Å²) < 4.78 is 5.14. The van der Waals surface area contributed by atoms with Crippen LogP contribution >= 0.6 is 11.3 Å². The lowest BCUT2D eigenvalue weighted by molar-refractivity contribution is 0.114. The van der Waals surface area contributed by atoms with Gasteiger partial charge in [-0.1, -0.05) is 0 Å². The standard InChI is InChI=1S/C16H22N4O2S/c1-12(14-3-8-23-10-14)19-4-6-20(7-5-19)16(21)17-9-15-13(2)22-11-18-15/h3,8,10-12H,4-7,9H2,1-2H3,(H,17,21)/t12-/m1/s1. The maximum absolute atomic E-state index is 12.2. The summed E-state index contributed by atoms with van der Waals surface area (Å²) in [6, 6.07) is 2.55. The van der Waals surface area contributed by atoms with Gasteiger partial charge in [0.1, 0.15) is 11.5 Å². The number of carbonyl (C=O) groups is 1. The Labute approximate surface area is 140 Å². The molecule has 3 heterocycles. The van der Waals surface area contributed by atoms with E-state index in [0.29, 0.717) is 12.6 Å². The highest BCUT2D eigenvalue weighted by atomic mass is 32.1. The molecule has 0 aromatic carbocycles. The number of piperazine rings is 1. The van der Waals surface area contributed by atoms with Crippen LogP contribution in [0.25, 0.3) is 0 Å². The summed E-state index contributed by atoms with van der Waals surface area (Å²) in [4.78, 5) is 20.6. The van der Waals surface area contributed by atoms with Gasteiger partial charge in [0.25, 0.3) is 0 Å². The number of aryl methyl sites for hydroxylation is 1. The molecule has 23 heavy (non-hydrogen) atoms. The molecule has 3 rings (SSSR count). The number of hydrogen-bond acceptors (Lipinski definition) is 5. The van der Waals surface area contributed by atoms with Crippen molar-refractivity contribution < 1.29 is 9.21 Å². The number of aromatic nitrogens is 1. The van der Waals surface area contributed by atoms with Crippen molar-refractivity contribution in [3.8, 4) is 0 Å². The number of urea groups is 1. The fourth-order valence-corrected chi connectivity index (χ4v) is 3.55. The van der Waals surface area contributed by atoms with Gasteiger partial charge in [0.2, 0.25) is 0 Å². The van der Waals surface area contributed by atoms with E-state index in [1.165, 1.54) is 12.0 Å². The van der Waals surface area contributed by atoms with Crippen LogP contribution < -0.4 is 5.32 Å². The molecule has 0 saturated carbocycles. The van der Waals surface area contributed by atoms with E-state index in [2.05, 4.69) is 39.0 Å². The molecule has 0 spiro atoms. The van der Waals surface area contributed by atoms with E-state index in [1.54, 1.807) is 11.3 Å². The molecule has 2 aromatic rings. The Morgan fingerprint density at radius 3 is 2.83 bits per heavy atom. The molecule has 1 atom stereocenters. The van der Waals surface area contributed by atoms with Crippen LogP contribution in [0.1, 0.15) is 30.0 Å². The summed E-state index contributed by atoms with van der Waals surface area (Å²) in [6.45, 7) is 7.77. The average Bonchev–Trinajstić information content (AvgIpc) is 3.24. The number of nitrogens with one attached hydrogen (secondary N) is 1. The van der Waals surface area contributed by atoms with Gasteiger partial charge in [-0.25, -0.2) is 9.78 Å². The highest BCUT2D eigenvalue weighted by Gasteiger charge is 2.24. The predicted octanol–water partition coefficient (Wildman–Crippen LogP) is 2.63. The van der Waals surface area contributed by atoms with Crippen LogP contribution in [0.3, 0.4) is 0 Å². The molecule has 1 saturated heterocycles. The summed E-state index contributed by atoms with van der Waals surface area (Å²) in [5.74, 6) is 0.750. The van der Waals surface area contributed by atoms with Gasteiger partial charge in [-0.2, -0.15) is 11.3 Å². The van der Waals surface area contributed by atoms with Gasteiger partial charge < -0.3 is 14.6 Å². The molecule has 124 valence electrons. The molecule has 1 aliphatic rings. The molecule has 0 radical (unpaired) electrons. The highest BCUT2D eigenvalue weighted by molar-refractivity contribution is 7.07. The molecule has 2 amide bonds. The third-order valence-corrected chi connectivity index (χ3v) is 5.13. The number of nitrogens with zero attached hydrogens (tertiary/aromatic N) is 3. The normalized spacial score (nSPS) is 17.2. The maximum atomic E-state index is 12.2. The molecule has 0 unspecified atom stereocenters. The minimum atomic E-state index is -0.0322. The van der Waals surface area contributed by atoms with Crippen LogP contribution in [0.4, 0.5) is 4.79 Å². The Bertz CT molecular complexity index is 632. The van der Waals surface area contributed by atoms with Crippen molar-refractivity contribution in [3.05, 3.63) is 40.2 Å². The van der Waals surface area contributed by atoms with Gasteiger partial charge in [-0.15, -0.1) is 0 Å². The van der Waals surface area contributed by atoms with Crippen molar-refractivity contribution in [3.63, 3.8) is 0 Å². The molecule has 1 N–H and O–H groups in total. The predicted molar refractivity (Wildman–Crippen MR) is 89.4 cm³/mol. The third-order valence-electron chi connectivity index (χ3n) is 4.43.